The van der Waals surface area contributed by atoms with Gasteiger partial charge in [-0.15, -0.1) is 0 Å². The van der Waals surface area contributed by atoms with Crippen molar-refractivity contribution in [3.8, 4) is 27.5 Å². The third kappa shape index (κ3) is 5.47. The minimum atomic E-state index is -0.158. The van der Waals surface area contributed by atoms with E-state index in [1.54, 1.807) is 12.3 Å². The maximum absolute atomic E-state index is 13.5. The summed E-state index contributed by atoms with van der Waals surface area (Å²) in [6.45, 7) is 4.81. The summed E-state index contributed by atoms with van der Waals surface area (Å²) < 4.78 is 1.87. The minimum Gasteiger partial charge on any atom is -0.336 e. The molecule has 7 rings (SSSR count). The molecule has 3 aliphatic rings. The van der Waals surface area contributed by atoms with Gasteiger partial charge in [0.1, 0.15) is 0 Å². The van der Waals surface area contributed by atoms with E-state index >= 15 is 0 Å². The third-order valence-corrected chi connectivity index (χ3v) is 10.2. The van der Waals surface area contributed by atoms with Gasteiger partial charge in [-0.25, -0.2) is 9.67 Å². The van der Waals surface area contributed by atoms with Gasteiger partial charge in [-0.05, 0) is 56.0 Å². The van der Waals surface area contributed by atoms with Crippen LogP contribution in [0.25, 0.3) is 27.5 Å². The number of carbonyl (C=O) groups is 2. The summed E-state index contributed by atoms with van der Waals surface area (Å²) in [5, 5.41) is 8.91. The second-order valence-corrected chi connectivity index (χ2v) is 13.0. The number of nitrogens with zero attached hydrogens (tertiary/aromatic N) is 6. The quantitative estimate of drug-likeness (QED) is 0.302. The average molecular weight is 616 g/mol. The number of halogens is 1. The molecular weight excluding hydrogens is 582 g/mol. The summed E-state index contributed by atoms with van der Waals surface area (Å²) >= 11 is 8.39. The van der Waals surface area contributed by atoms with E-state index in [2.05, 4.69) is 15.2 Å². The van der Waals surface area contributed by atoms with E-state index in [0.29, 0.717) is 27.4 Å². The Morgan fingerprint density at radius 2 is 1.86 bits per heavy atom. The van der Waals surface area contributed by atoms with Gasteiger partial charge < -0.3 is 10.2 Å². The number of nitrogens with one attached hydrogen (secondary N) is 1. The molecule has 0 radical (unpaired) electrons. The first-order chi connectivity index (χ1) is 21.0. The second-order valence-electron chi connectivity index (χ2n) is 11.6. The summed E-state index contributed by atoms with van der Waals surface area (Å²) in [7, 11) is 0. The van der Waals surface area contributed by atoms with Gasteiger partial charge in [0.25, 0.3) is 5.91 Å². The van der Waals surface area contributed by atoms with Gasteiger partial charge in [0.15, 0.2) is 5.13 Å². The lowest BCUT2D eigenvalue weighted by Gasteiger charge is -2.40. The minimum absolute atomic E-state index is 0.0139. The fraction of sp³-hybridized carbons (Fsp3) is 0.406. The molecule has 1 saturated heterocycles. The standard InChI is InChI=1S/C32H34ClN7O2S/c1-20(41)35-32-36-26-11-10-24-28(22-6-5-13-34-19-22)37-40(29(24)30(26)43-32)27-12-9-21(18-25(27)33)31(42)39-16-14-38(15-17-39)23-7-3-2-4-8-23/h5-6,9,12-13,18-19,23H,2-4,7-8,10-11,14-17H2,1H3,(H,35,36,41). The number of amides is 2. The number of anilines is 1. The Morgan fingerprint density at radius 3 is 2.58 bits per heavy atom. The number of rotatable bonds is 5. The fourth-order valence-electron chi connectivity index (χ4n) is 6.71. The zero-order chi connectivity index (χ0) is 29.5. The summed E-state index contributed by atoms with van der Waals surface area (Å²) in [5.74, 6) is -0.144. The Balaban J connectivity index is 1.20. The van der Waals surface area contributed by atoms with Gasteiger partial charge in [0.05, 0.1) is 32.7 Å². The van der Waals surface area contributed by atoms with Crippen molar-refractivity contribution in [1.29, 1.82) is 0 Å². The van der Waals surface area contributed by atoms with E-state index in [9.17, 15) is 9.59 Å². The molecule has 43 heavy (non-hydrogen) atoms. The number of fused-ring (bicyclic) bond motifs is 3. The van der Waals surface area contributed by atoms with E-state index in [-0.39, 0.29) is 11.8 Å². The van der Waals surface area contributed by atoms with Crippen molar-refractivity contribution in [2.75, 3.05) is 31.5 Å². The molecule has 0 spiro atoms. The highest BCUT2D eigenvalue weighted by atomic mass is 35.5. The number of aryl methyl sites for hydroxylation is 1. The van der Waals surface area contributed by atoms with Gasteiger partial charge >= 0.3 is 0 Å². The first-order valence-electron chi connectivity index (χ1n) is 15.1. The second kappa shape index (κ2) is 11.8. The number of pyridine rings is 1. The SMILES string of the molecule is CC(=O)Nc1nc2c(s1)-c1c(c(-c3cccnc3)nn1-c1ccc(C(=O)N3CCN(C4CCCCC4)CC3)cc1Cl)CC2. The number of piperazine rings is 1. The van der Waals surface area contributed by atoms with Crippen molar-refractivity contribution < 1.29 is 9.59 Å². The van der Waals surface area contributed by atoms with Crippen LogP contribution in [0.4, 0.5) is 5.13 Å². The largest absolute Gasteiger partial charge is 0.336 e. The molecule has 2 aliphatic carbocycles. The molecule has 4 heterocycles. The number of carbonyl (C=O) groups excluding carboxylic acids is 2. The van der Waals surface area contributed by atoms with Crippen LogP contribution >= 0.6 is 22.9 Å². The molecule has 4 aromatic rings. The van der Waals surface area contributed by atoms with Crippen LogP contribution in [0.1, 0.15) is 60.6 Å². The highest BCUT2D eigenvalue weighted by Crippen LogP contribution is 2.44. The van der Waals surface area contributed by atoms with Crippen LogP contribution in [0, 0.1) is 0 Å². The lowest BCUT2D eigenvalue weighted by atomic mass is 9.94. The van der Waals surface area contributed by atoms with Crippen molar-refractivity contribution in [2.24, 2.45) is 0 Å². The maximum Gasteiger partial charge on any atom is 0.253 e. The van der Waals surface area contributed by atoms with Crippen LogP contribution in [0.15, 0.2) is 42.7 Å². The molecule has 222 valence electrons. The van der Waals surface area contributed by atoms with Crippen molar-refractivity contribution >= 4 is 39.9 Å². The Labute approximate surface area is 259 Å². The number of hydrogen-bond donors (Lipinski definition) is 1. The van der Waals surface area contributed by atoms with Crippen molar-refractivity contribution in [1.82, 2.24) is 29.5 Å². The summed E-state index contributed by atoms with van der Waals surface area (Å²) in [6, 6.07) is 10.1. The first kappa shape index (κ1) is 28.2. The summed E-state index contributed by atoms with van der Waals surface area (Å²) in [5.41, 5.74) is 5.96. The van der Waals surface area contributed by atoms with Gasteiger partial charge in [0.2, 0.25) is 5.91 Å². The fourth-order valence-corrected chi connectivity index (χ4v) is 8.09. The highest BCUT2D eigenvalue weighted by molar-refractivity contribution is 7.19. The molecule has 1 N–H and O–H groups in total. The summed E-state index contributed by atoms with van der Waals surface area (Å²) in [6.07, 6.45) is 11.6. The van der Waals surface area contributed by atoms with Crippen LogP contribution in [-0.4, -0.2) is 73.6 Å². The normalized spacial score (nSPS) is 17.4. The van der Waals surface area contributed by atoms with Crippen LogP contribution in [0.2, 0.25) is 5.02 Å². The topological polar surface area (TPSA) is 96.2 Å². The van der Waals surface area contributed by atoms with Crippen molar-refractivity contribution in [2.45, 2.75) is 57.9 Å². The Bertz CT molecular complexity index is 1670. The van der Waals surface area contributed by atoms with E-state index < -0.39 is 0 Å². The van der Waals surface area contributed by atoms with Gasteiger partial charge in [-0.1, -0.05) is 42.2 Å². The number of aromatic nitrogens is 4. The molecule has 1 aromatic carbocycles. The zero-order valence-electron chi connectivity index (χ0n) is 24.2. The predicted octanol–water partition coefficient (Wildman–Crippen LogP) is 5.86. The molecule has 0 unspecified atom stereocenters. The molecule has 3 aromatic heterocycles. The molecular formula is C32H34ClN7O2S. The lowest BCUT2D eigenvalue weighted by Crippen LogP contribution is -2.52. The highest BCUT2D eigenvalue weighted by Gasteiger charge is 2.31. The molecule has 2 fully saturated rings. The van der Waals surface area contributed by atoms with Crippen molar-refractivity contribution in [3.63, 3.8) is 0 Å². The van der Waals surface area contributed by atoms with Crippen LogP contribution < -0.4 is 5.32 Å². The molecule has 11 heteroatoms. The number of hydrogen-bond acceptors (Lipinski definition) is 7. The monoisotopic (exact) mass is 615 g/mol. The molecule has 1 saturated carbocycles. The van der Waals surface area contributed by atoms with E-state index in [1.807, 2.05) is 40.0 Å². The van der Waals surface area contributed by atoms with Gasteiger partial charge in [0, 0.05) is 68.2 Å². The Morgan fingerprint density at radius 1 is 1.05 bits per heavy atom. The third-order valence-electron chi connectivity index (χ3n) is 8.84. The van der Waals surface area contributed by atoms with Crippen LogP contribution in [0.3, 0.4) is 0 Å². The molecule has 0 atom stereocenters. The number of thiazole rings is 1. The zero-order valence-corrected chi connectivity index (χ0v) is 25.8. The van der Waals surface area contributed by atoms with Gasteiger partial charge in [-0.2, -0.15) is 5.10 Å². The molecule has 1 aliphatic heterocycles. The molecule has 0 bridgehead atoms. The first-order valence-corrected chi connectivity index (χ1v) is 16.3. The average Bonchev–Trinajstić information content (AvgIpc) is 3.62. The Hall–Kier alpha value is -3.60. The van der Waals surface area contributed by atoms with Crippen molar-refractivity contribution in [3.05, 3.63) is 64.6 Å². The van der Waals surface area contributed by atoms with Gasteiger partial charge in [-0.3, -0.25) is 19.5 Å². The van der Waals surface area contributed by atoms with E-state index in [4.69, 9.17) is 21.7 Å². The summed E-state index contributed by atoms with van der Waals surface area (Å²) in [4.78, 5) is 39.8. The van der Waals surface area contributed by atoms with Crippen LogP contribution in [0.5, 0.6) is 0 Å². The van der Waals surface area contributed by atoms with E-state index in [0.717, 1.165) is 72.1 Å². The number of benzene rings is 1. The van der Waals surface area contributed by atoms with E-state index in [1.165, 1.54) is 50.4 Å². The smallest absolute Gasteiger partial charge is 0.253 e. The molecule has 2 amide bonds. The maximum atomic E-state index is 13.5. The van der Waals surface area contributed by atoms with Crippen LogP contribution in [-0.2, 0) is 17.6 Å². The lowest BCUT2D eigenvalue weighted by molar-refractivity contribution is -0.114. The predicted molar refractivity (Wildman–Crippen MR) is 169 cm³/mol. The Kier molecular flexibility index (Phi) is 7.75. The molecule has 9 nitrogen and oxygen atoms in total.